The molecule has 0 aromatic heterocycles. The van der Waals surface area contributed by atoms with Crippen molar-refractivity contribution in [2.24, 2.45) is 0 Å². The molecule has 0 fully saturated rings. The number of nitro groups is 1. The summed E-state index contributed by atoms with van der Waals surface area (Å²) in [6.45, 7) is 3.03. The van der Waals surface area contributed by atoms with Crippen LogP contribution in [0.5, 0.6) is 5.75 Å². The lowest BCUT2D eigenvalue weighted by atomic mass is 10.2. The predicted octanol–water partition coefficient (Wildman–Crippen LogP) is 1.88. The van der Waals surface area contributed by atoms with Crippen LogP contribution in [0.2, 0.25) is 0 Å². The van der Waals surface area contributed by atoms with E-state index in [0.29, 0.717) is 17.9 Å². The van der Waals surface area contributed by atoms with Crippen LogP contribution in [0.3, 0.4) is 0 Å². The van der Waals surface area contributed by atoms with Crippen molar-refractivity contribution in [1.29, 1.82) is 0 Å². The van der Waals surface area contributed by atoms with Crippen LogP contribution < -0.4 is 4.74 Å². The molecule has 0 saturated heterocycles. The van der Waals surface area contributed by atoms with Gasteiger partial charge in [-0.15, -0.1) is 0 Å². The Kier molecular flexibility index (Phi) is 3.41. The molecule has 0 bridgehead atoms. The average Bonchev–Trinajstić information content (AvgIpc) is 2.18. The van der Waals surface area contributed by atoms with Gasteiger partial charge in [-0.3, -0.25) is 10.1 Å². The van der Waals surface area contributed by atoms with Gasteiger partial charge >= 0.3 is 0 Å². The van der Waals surface area contributed by atoms with Gasteiger partial charge < -0.3 is 9.84 Å². The van der Waals surface area contributed by atoms with Crippen molar-refractivity contribution in [3.63, 3.8) is 0 Å². The summed E-state index contributed by atoms with van der Waals surface area (Å²) in [6, 6.07) is 4.05. The Bertz CT molecular complexity index is 338. The fraction of sp³-hybridized carbons (Fsp3) is 0.222. The van der Waals surface area contributed by atoms with E-state index in [1.807, 2.05) is 0 Å². The quantitative estimate of drug-likeness (QED) is 0.589. The van der Waals surface area contributed by atoms with E-state index in [1.165, 1.54) is 18.2 Å². The zero-order chi connectivity index (χ0) is 10.6. The van der Waals surface area contributed by atoms with Crippen LogP contribution in [-0.4, -0.2) is 16.6 Å². The van der Waals surface area contributed by atoms with Gasteiger partial charge in [-0.2, -0.15) is 0 Å². The van der Waals surface area contributed by atoms with E-state index in [9.17, 15) is 10.1 Å². The molecule has 5 nitrogen and oxygen atoms in total. The number of aliphatic hydroxyl groups excluding tert-OH is 1. The van der Waals surface area contributed by atoms with Crippen molar-refractivity contribution in [2.45, 2.75) is 6.92 Å². The Morgan fingerprint density at radius 3 is 2.86 bits per heavy atom. The van der Waals surface area contributed by atoms with Gasteiger partial charge in [-0.05, 0) is 13.0 Å². The first kappa shape index (κ1) is 10.5. The third-order valence-electron chi connectivity index (χ3n) is 1.64. The molecular formula is C9H10NO4. The van der Waals surface area contributed by atoms with Crippen molar-refractivity contribution in [3.8, 4) is 5.75 Å². The number of nitro benzene ring substituents is 1. The molecule has 0 spiro atoms. The molecule has 0 atom stereocenters. The zero-order valence-electron chi connectivity index (χ0n) is 7.64. The second-order valence-electron chi connectivity index (χ2n) is 2.54. The van der Waals surface area contributed by atoms with E-state index >= 15 is 0 Å². The van der Waals surface area contributed by atoms with Crippen molar-refractivity contribution in [1.82, 2.24) is 0 Å². The summed E-state index contributed by atoms with van der Waals surface area (Å²) < 4.78 is 5.15. The van der Waals surface area contributed by atoms with Gasteiger partial charge in [0.2, 0.25) is 0 Å². The summed E-state index contributed by atoms with van der Waals surface area (Å²) in [5.74, 6) is 0.431. The van der Waals surface area contributed by atoms with E-state index in [-0.39, 0.29) is 5.69 Å². The minimum Gasteiger partial charge on any atom is -0.493 e. The number of benzene rings is 1. The Morgan fingerprint density at radius 1 is 1.64 bits per heavy atom. The molecule has 1 aromatic carbocycles. The highest BCUT2D eigenvalue weighted by Gasteiger charge is 2.10. The number of nitrogens with zero attached hydrogens (tertiary/aromatic N) is 1. The maximum atomic E-state index is 10.4. The highest BCUT2D eigenvalue weighted by Crippen LogP contribution is 2.24. The topological polar surface area (TPSA) is 72.6 Å². The molecule has 0 heterocycles. The molecule has 1 radical (unpaired) electrons. The van der Waals surface area contributed by atoms with Crippen LogP contribution in [0.4, 0.5) is 5.69 Å². The first-order valence-corrected chi connectivity index (χ1v) is 4.07. The van der Waals surface area contributed by atoms with E-state index < -0.39 is 4.92 Å². The molecule has 5 heteroatoms. The number of aliphatic hydroxyl groups is 1. The van der Waals surface area contributed by atoms with Gasteiger partial charge in [0.1, 0.15) is 12.4 Å². The second-order valence-corrected chi connectivity index (χ2v) is 2.54. The summed E-state index contributed by atoms with van der Waals surface area (Å²) in [7, 11) is 0. The van der Waals surface area contributed by atoms with E-state index in [4.69, 9.17) is 9.84 Å². The van der Waals surface area contributed by atoms with Gasteiger partial charge in [0.05, 0.1) is 11.5 Å². The first-order chi connectivity index (χ1) is 6.69. The average molecular weight is 196 g/mol. The Balaban J connectivity index is 3.04. The van der Waals surface area contributed by atoms with Crippen LogP contribution in [0.15, 0.2) is 18.2 Å². The maximum absolute atomic E-state index is 10.4. The lowest BCUT2D eigenvalue weighted by Crippen LogP contribution is -1.97. The largest absolute Gasteiger partial charge is 0.493 e. The monoisotopic (exact) mass is 196 g/mol. The fourth-order valence-corrected chi connectivity index (χ4v) is 1.04. The number of hydrogen-bond donors (Lipinski definition) is 1. The molecule has 14 heavy (non-hydrogen) atoms. The lowest BCUT2D eigenvalue weighted by Gasteiger charge is -2.06. The number of non-ortho nitro benzene ring substituents is 1. The van der Waals surface area contributed by atoms with Gasteiger partial charge in [0.25, 0.3) is 5.69 Å². The Hall–Kier alpha value is -1.62. The first-order valence-electron chi connectivity index (χ1n) is 4.07. The summed E-state index contributed by atoms with van der Waals surface area (Å²) in [5, 5.41) is 19.2. The molecule has 0 saturated carbocycles. The zero-order valence-corrected chi connectivity index (χ0v) is 7.64. The minimum absolute atomic E-state index is 0.0752. The molecule has 0 unspecified atom stereocenters. The third kappa shape index (κ3) is 2.20. The van der Waals surface area contributed by atoms with Gasteiger partial charge in [0.15, 0.2) is 0 Å². The highest BCUT2D eigenvalue weighted by molar-refractivity contribution is 5.46. The van der Waals surface area contributed by atoms with Crippen molar-refractivity contribution < 1.29 is 14.8 Å². The SMILES string of the molecule is CCOc1ccc([N+](=O)[O-])cc1[CH]O. The van der Waals surface area contributed by atoms with Crippen molar-refractivity contribution >= 4 is 5.69 Å². The third-order valence-corrected chi connectivity index (χ3v) is 1.64. The predicted molar refractivity (Wildman–Crippen MR) is 49.6 cm³/mol. The number of rotatable bonds is 4. The summed E-state index contributed by atoms with van der Waals surface area (Å²) >= 11 is 0. The van der Waals surface area contributed by atoms with Crippen LogP contribution in [-0.2, 0) is 0 Å². The van der Waals surface area contributed by atoms with Gasteiger partial charge in [-0.1, -0.05) is 0 Å². The standard InChI is InChI=1S/C9H10NO4/c1-2-14-9-4-3-8(10(12)13)5-7(9)6-11/h3-6,11H,2H2,1H3. The molecular weight excluding hydrogens is 186 g/mol. The Morgan fingerprint density at radius 2 is 2.36 bits per heavy atom. The summed E-state index contributed by atoms with van der Waals surface area (Å²) in [6.07, 6.45) is 0. The highest BCUT2D eigenvalue weighted by atomic mass is 16.6. The maximum Gasteiger partial charge on any atom is 0.270 e. The summed E-state index contributed by atoms with van der Waals surface area (Å²) in [4.78, 5) is 9.88. The number of hydrogen-bond acceptors (Lipinski definition) is 4. The molecule has 1 N–H and O–H groups in total. The van der Waals surface area contributed by atoms with Crippen LogP contribution in [0, 0.1) is 16.7 Å². The van der Waals surface area contributed by atoms with Gasteiger partial charge in [0, 0.05) is 17.7 Å². The molecule has 75 valence electrons. The van der Waals surface area contributed by atoms with Gasteiger partial charge in [-0.25, -0.2) is 0 Å². The molecule has 0 amide bonds. The van der Waals surface area contributed by atoms with E-state index in [0.717, 1.165) is 6.61 Å². The molecule has 0 aliphatic heterocycles. The number of ether oxygens (including phenoxy) is 1. The van der Waals surface area contributed by atoms with Crippen molar-refractivity contribution in [2.75, 3.05) is 6.61 Å². The second kappa shape index (κ2) is 4.57. The molecule has 1 rings (SSSR count). The van der Waals surface area contributed by atoms with Crippen molar-refractivity contribution in [3.05, 3.63) is 40.5 Å². The van der Waals surface area contributed by atoms with E-state index in [2.05, 4.69) is 0 Å². The normalized spacial score (nSPS) is 9.86. The smallest absolute Gasteiger partial charge is 0.270 e. The minimum atomic E-state index is -0.525. The van der Waals surface area contributed by atoms with Crippen LogP contribution in [0.25, 0.3) is 0 Å². The van der Waals surface area contributed by atoms with E-state index in [1.54, 1.807) is 6.92 Å². The molecule has 0 aliphatic rings. The summed E-state index contributed by atoms with van der Waals surface area (Å²) in [5.41, 5.74) is 0.231. The Labute approximate surface area is 81.1 Å². The fourth-order valence-electron chi connectivity index (χ4n) is 1.04. The van der Waals surface area contributed by atoms with Crippen LogP contribution in [0.1, 0.15) is 12.5 Å². The molecule has 0 aliphatic carbocycles. The molecule has 1 aromatic rings. The van der Waals surface area contributed by atoms with Crippen LogP contribution >= 0.6 is 0 Å². The lowest BCUT2D eigenvalue weighted by molar-refractivity contribution is -0.384.